The number of halogens is 3. The highest BCUT2D eigenvalue weighted by Crippen LogP contribution is 2.34. The van der Waals surface area contributed by atoms with E-state index in [1.807, 2.05) is 6.07 Å². The predicted octanol–water partition coefficient (Wildman–Crippen LogP) is 4.26. The van der Waals surface area contributed by atoms with Crippen LogP contribution in [-0.4, -0.2) is 4.98 Å². The molecular weight excluding hydrogens is 274 g/mol. The lowest BCUT2D eigenvalue weighted by molar-refractivity contribution is 0.620. The SMILES string of the molecule is N#CCc1cc(F)cnc1-c1cccc(Cl)c1Cl. The van der Waals surface area contributed by atoms with Crippen molar-refractivity contribution in [1.29, 1.82) is 5.26 Å². The Morgan fingerprint density at radius 2 is 2.11 bits per heavy atom. The van der Waals surface area contributed by atoms with Crippen molar-refractivity contribution in [2.75, 3.05) is 0 Å². The van der Waals surface area contributed by atoms with Crippen LogP contribution in [0.4, 0.5) is 4.39 Å². The summed E-state index contributed by atoms with van der Waals surface area (Å²) in [6.45, 7) is 0. The quantitative estimate of drug-likeness (QED) is 0.824. The summed E-state index contributed by atoms with van der Waals surface area (Å²) < 4.78 is 13.1. The number of aromatic nitrogens is 1. The summed E-state index contributed by atoms with van der Waals surface area (Å²) in [7, 11) is 0. The fourth-order valence-corrected chi connectivity index (χ4v) is 2.02. The molecule has 0 unspecified atom stereocenters. The van der Waals surface area contributed by atoms with Crippen LogP contribution in [0.3, 0.4) is 0 Å². The van der Waals surface area contributed by atoms with Gasteiger partial charge in [-0.3, -0.25) is 4.98 Å². The van der Waals surface area contributed by atoms with E-state index in [1.54, 1.807) is 18.2 Å². The molecule has 0 atom stereocenters. The van der Waals surface area contributed by atoms with Crippen LogP contribution in [0, 0.1) is 17.1 Å². The zero-order valence-electron chi connectivity index (χ0n) is 9.12. The van der Waals surface area contributed by atoms with Crippen LogP contribution in [0.15, 0.2) is 30.5 Å². The molecule has 0 saturated carbocycles. The van der Waals surface area contributed by atoms with Crippen molar-refractivity contribution in [3.63, 3.8) is 0 Å². The van der Waals surface area contributed by atoms with Crippen LogP contribution in [0.5, 0.6) is 0 Å². The minimum atomic E-state index is -0.484. The Morgan fingerprint density at radius 1 is 1.33 bits per heavy atom. The number of pyridine rings is 1. The molecule has 0 amide bonds. The van der Waals surface area contributed by atoms with Crippen molar-refractivity contribution in [2.24, 2.45) is 0 Å². The topological polar surface area (TPSA) is 36.7 Å². The molecule has 0 fully saturated rings. The van der Waals surface area contributed by atoms with Gasteiger partial charge >= 0.3 is 0 Å². The van der Waals surface area contributed by atoms with Gasteiger partial charge in [0.15, 0.2) is 0 Å². The van der Waals surface area contributed by atoms with Crippen molar-refractivity contribution in [2.45, 2.75) is 6.42 Å². The highest BCUT2D eigenvalue weighted by Gasteiger charge is 2.13. The van der Waals surface area contributed by atoms with Gasteiger partial charge in [0.05, 0.1) is 34.4 Å². The summed E-state index contributed by atoms with van der Waals surface area (Å²) in [5, 5.41) is 9.48. The number of nitriles is 1. The molecule has 0 radical (unpaired) electrons. The molecule has 2 nitrogen and oxygen atoms in total. The Bertz CT molecular complexity index is 635. The molecule has 5 heteroatoms. The molecule has 0 aliphatic rings. The second-order valence-electron chi connectivity index (χ2n) is 3.60. The van der Waals surface area contributed by atoms with Crippen molar-refractivity contribution < 1.29 is 4.39 Å². The maximum absolute atomic E-state index is 13.1. The van der Waals surface area contributed by atoms with Crippen molar-refractivity contribution in [3.8, 4) is 17.3 Å². The van der Waals surface area contributed by atoms with Crippen LogP contribution >= 0.6 is 23.2 Å². The molecule has 1 heterocycles. The fourth-order valence-electron chi connectivity index (χ4n) is 1.63. The summed E-state index contributed by atoms with van der Waals surface area (Å²) in [6.07, 6.45) is 1.15. The molecular formula is C13H7Cl2FN2. The number of hydrogen-bond acceptors (Lipinski definition) is 2. The van der Waals surface area contributed by atoms with Gasteiger partial charge in [-0.05, 0) is 17.7 Å². The predicted molar refractivity (Wildman–Crippen MR) is 69.0 cm³/mol. The molecule has 0 aliphatic carbocycles. The van der Waals surface area contributed by atoms with Gasteiger partial charge in [0, 0.05) is 5.56 Å². The van der Waals surface area contributed by atoms with E-state index in [0.29, 0.717) is 26.9 Å². The lowest BCUT2D eigenvalue weighted by Gasteiger charge is -2.09. The van der Waals surface area contributed by atoms with E-state index >= 15 is 0 Å². The van der Waals surface area contributed by atoms with Gasteiger partial charge in [-0.1, -0.05) is 35.3 Å². The van der Waals surface area contributed by atoms with Gasteiger partial charge in [-0.25, -0.2) is 4.39 Å². The van der Waals surface area contributed by atoms with Gasteiger partial charge in [0.25, 0.3) is 0 Å². The number of hydrogen-bond donors (Lipinski definition) is 0. The first-order chi connectivity index (χ1) is 8.63. The van der Waals surface area contributed by atoms with Crippen LogP contribution in [0.25, 0.3) is 11.3 Å². The monoisotopic (exact) mass is 280 g/mol. The molecule has 0 aliphatic heterocycles. The maximum Gasteiger partial charge on any atom is 0.141 e. The van der Waals surface area contributed by atoms with Gasteiger partial charge in [-0.2, -0.15) is 5.26 Å². The standard InChI is InChI=1S/C13H7Cl2FN2/c14-11-3-1-2-10(12(11)15)13-8(4-5-17)6-9(16)7-18-13/h1-3,6-7H,4H2. The minimum Gasteiger partial charge on any atom is -0.253 e. The molecule has 0 N–H and O–H groups in total. The zero-order valence-corrected chi connectivity index (χ0v) is 10.6. The van der Waals surface area contributed by atoms with Crippen LogP contribution < -0.4 is 0 Å². The normalized spacial score (nSPS) is 10.1. The molecule has 2 rings (SSSR count). The third kappa shape index (κ3) is 2.45. The Balaban J connectivity index is 2.64. The second-order valence-corrected chi connectivity index (χ2v) is 4.38. The van der Waals surface area contributed by atoms with E-state index in [1.165, 1.54) is 6.07 Å². The van der Waals surface area contributed by atoms with E-state index < -0.39 is 5.82 Å². The first-order valence-electron chi connectivity index (χ1n) is 5.09. The lowest BCUT2D eigenvalue weighted by atomic mass is 10.0. The third-order valence-electron chi connectivity index (χ3n) is 2.41. The van der Waals surface area contributed by atoms with Gasteiger partial charge < -0.3 is 0 Å². The van der Waals surface area contributed by atoms with Crippen LogP contribution in [-0.2, 0) is 6.42 Å². The Kier molecular flexibility index (Phi) is 3.81. The molecule has 90 valence electrons. The molecule has 2 aromatic rings. The Hall–Kier alpha value is -1.63. The van der Waals surface area contributed by atoms with Crippen molar-refractivity contribution in [1.82, 2.24) is 4.98 Å². The van der Waals surface area contributed by atoms with E-state index in [-0.39, 0.29) is 6.42 Å². The van der Waals surface area contributed by atoms with Gasteiger partial charge in [-0.15, -0.1) is 0 Å². The summed E-state index contributed by atoms with van der Waals surface area (Å²) >= 11 is 12.0. The first kappa shape index (κ1) is 12.8. The molecule has 0 bridgehead atoms. The van der Waals surface area contributed by atoms with Gasteiger partial charge in [0.2, 0.25) is 0 Å². The summed E-state index contributed by atoms with van der Waals surface area (Å²) in [4.78, 5) is 4.00. The van der Waals surface area contributed by atoms with Crippen LogP contribution in [0.2, 0.25) is 10.0 Å². The maximum atomic E-state index is 13.1. The van der Waals surface area contributed by atoms with E-state index in [4.69, 9.17) is 28.5 Å². The summed E-state index contributed by atoms with van der Waals surface area (Å²) in [5.41, 5.74) is 1.56. The fraction of sp³-hybridized carbons (Fsp3) is 0.0769. The molecule has 0 saturated heterocycles. The van der Waals surface area contributed by atoms with Crippen molar-refractivity contribution >= 4 is 23.2 Å². The highest BCUT2D eigenvalue weighted by atomic mass is 35.5. The molecule has 0 spiro atoms. The number of nitrogens with zero attached hydrogens (tertiary/aromatic N) is 2. The molecule has 1 aromatic carbocycles. The third-order valence-corrected chi connectivity index (χ3v) is 3.23. The van der Waals surface area contributed by atoms with Crippen LogP contribution in [0.1, 0.15) is 5.56 Å². The van der Waals surface area contributed by atoms with E-state index in [0.717, 1.165) is 6.20 Å². The summed E-state index contributed by atoms with van der Waals surface area (Å²) in [5.74, 6) is -0.484. The zero-order chi connectivity index (χ0) is 13.1. The number of benzene rings is 1. The smallest absolute Gasteiger partial charge is 0.141 e. The number of rotatable bonds is 2. The minimum absolute atomic E-state index is 0.0585. The molecule has 1 aromatic heterocycles. The van der Waals surface area contributed by atoms with Gasteiger partial charge in [0.1, 0.15) is 5.82 Å². The summed E-state index contributed by atoms with van der Waals surface area (Å²) in [6, 6.07) is 8.37. The second kappa shape index (κ2) is 5.34. The lowest BCUT2D eigenvalue weighted by Crippen LogP contribution is -1.95. The first-order valence-corrected chi connectivity index (χ1v) is 5.85. The van der Waals surface area contributed by atoms with Crippen molar-refractivity contribution in [3.05, 3.63) is 51.9 Å². The average molecular weight is 281 g/mol. The average Bonchev–Trinajstić information content (AvgIpc) is 2.34. The van der Waals surface area contributed by atoms with E-state index in [2.05, 4.69) is 4.98 Å². The molecule has 18 heavy (non-hydrogen) atoms. The largest absolute Gasteiger partial charge is 0.253 e. The highest BCUT2D eigenvalue weighted by molar-refractivity contribution is 6.43. The van der Waals surface area contributed by atoms with E-state index in [9.17, 15) is 4.39 Å². The Morgan fingerprint density at radius 3 is 2.83 bits per heavy atom. The Labute approximate surface area is 114 Å².